The minimum absolute atomic E-state index is 0.554. The molecule has 0 amide bonds. The number of aryl methyl sites for hydroxylation is 2. The summed E-state index contributed by atoms with van der Waals surface area (Å²) in [5, 5.41) is 0. The van der Waals surface area contributed by atoms with Gasteiger partial charge in [-0.2, -0.15) is 0 Å². The highest BCUT2D eigenvalue weighted by Crippen LogP contribution is 2.42. The van der Waals surface area contributed by atoms with Gasteiger partial charge in [0, 0.05) is 16.7 Å². The van der Waals surface area contributed by atoms with Crippen molar-refractivity contribution >= 4 is 0 Å². The lowest BCUT2D eigenvalue weighted by molar-refractivity contribution is 0.324. The topological polar surface area (TPSA) is 56.4 Å². The first-order valence-corrected chi connectivity index (χ1v) is 10.1. The number of nitrogens with one attached hydrogen (secondary N) is 1. The molecule has 0 spiro atoms. The van der Waals surface area contributed by atoms with Gasteiger partial charge < -0.3 is 19.2 Å². The van der Waals surface area contributed by atoms with Crippen molar-refractivity contribution in [3.63, 3.8) is 0 Å². The molecule has 4 rings (SSSR count). The van der Waals surface area contributed by atoms with Crippen LogP contribution in [0.15, 0.2) is 60.7 Å². The second kappa shape index (κ2) is 8.56. The fraction of sp³-hybridized carbons (Fsp3) is 0.192. The number of aromatic amines is 1. The van der Waals surface area contributed by atoms with Crippen molar-refractivity contribution in [3.05, 3.63) is 71.8 Å². The average Bonchev–Trinajstić information content (AvgIpc) is 3.24. The van der Waals surface area contributed by atoms with Gasteiger partial charge in [0.2, 0.25) is 5.75 Å². The molecule has 0 unspecified atom stereocenters. The average molecular weight is 415 g/mol. The van der Waals surface area contributed by atoms with Crippen LogP contribution < -0.4 is 14.2 Å². The van der Waals surface area contributed by atoms with Gasteiger partial charge in [-0.3, -0.25) is 0 Å². The minimum Gasteiger partial charge on any atom is -0.493 e. The van der Waals surface area contributed by atoms with Crippen LogP contribution in [0.1, 0.15) is 11.1 Å². The molecular formula is C26H26N2O3. The summed E-state index contributed by atoms with van der Waals surface area (Å²) in [7, 11) is 4.81. The minimum atomic E-state index is 0.554. The molecule has 0 saturated carbocycles. The van der Waals surface area contributed by atoms with Crippen molar-refractivity contribution < 1.29 is 14.2 Å². The van der Waals surface area contributed by atoms with Crippen molar-refractivity contribution in [2.75, 3.05) is 21.3 Å². The van der Waals surface area contributed by atoms with Gasteiger partial charge in [-0.25, -0.2) is 4.98 Å². The van der Waals surface area contributed by atoms with Gasteiger partial charge in [-0.05, 0) is 26.0 Å². The first kappa shape index (κ1) is 20.5. The summed E-state index contributed by atoms with van der Waals surface area (Å²) in [5.41, 5.74) is 7.26. The summed E-state index contributed by atoms with van der Waals surface area (Å²) in [6.45, 7) is 4.16. The molecule has 0 saturated heterocycles. The molecule has 0 aliphatic heterocycles. The van der Waals surface area contributed by atoms with E-state index in [4.69, 9.17) is 19.2 Å². The monoisotopic (exact) mass is 414 g/mol. The van der Waals surface area contributed by atoms with Crippen molar-refractivity contribution in [3.8, 4) is 51.2 Å². The zero-order valence-corrected chi connectivity index (χ0v) is 18.4. The summed E-state index contributed by atoms with van der Waals surface area (Å²) in [6, 6.07) is 20.6. The van der Waals surface area contributed by atoms with Crippen LogP contribution in [0.2, 0.25) is 0 Å². The third kappa shape index (κ3) is 3.99. The first-order chi connectivity index (χ1) is 15.0. The lowest BCUT2D eigenvalue weighted by Gasteiger charge is -2.13. The molecule has 31 heavy (non-hydrogen) atoms. The maximum Gasteiger partial charge on any atom is 0.203 e. The van der Waals surface area contributed by atoms with E-state index in [9.17, 15) is 0 Å². The van der Waals surface area contributed by atoms with E-state index in [0.717, 1.165) is 33.9 Å². The number of nitrogens with zero attached hydrogens (tertiary/aromatic N) is 1. The Kier molecular flexibility index (Phi) is 5.67. The molecule has 5 nitrogen and oxygen atoms in total. The number of hydrogen-bond donors (Lipinski definition) is 1. The summed E-state index contributed by atoms with van der Waals surface area (Å²) in [4.78, 5) is 8.50. The van der Waals surface area contributed by atoms with E-state index in [1.807, 2.05) is 12.1 Å². The van der Waals surface area contributed by atoms with Crippen LogP contribution in [0.4, 0.5) is 0 Å². The third-order valence-electron chi connectivity index (χ3n) is 5.31. The molecule has 5 heteroatoms. The number of methoxy groups -OCH3 is 3. The molecule has 0 radical (unpaired) electrons. The standard InChI is InChI=1S/C26H26N2O3/c1-16-6-10-18(11-7-16)23-24(19-12-8-17(2)9-13-19)28-26(27-23)20-14-21(29-3)25(31-5)22(15-20)30-4/h6-15H,1-5H3,(H,27,28). The molecule has 0 aliphatic rings. The molecule has 0 atom stereocenters. The van der Waals surface area contributed by atoms with Gasteiger partial charge in [-0.15, -0.1) is 0 Å². The predicted molar refractivity (Wildman–Crippen MR) is 124 cm³/mol. The molecule has 4 aromatic rings. The van der Waals surface area contributed by atoms with Crippen LogP contribution in [0.3, 0.4) is 0 Å². The normalized spacial score (nSPS) is 10.7. The molecule has 3 aromatic carbocycles. The van der Waals surface area contributed by atoms with Crippen molar-refractivity contribution in [2.24, 2.45) is 0 Å². The van der Waals surface area contributed by atoms with Gasteiger partial charge in [-0.1, -0.05) is 59.7 Å². The van der Waals surface area contributed by atoms with Crippen LogP contribution in [0.25, 0.3) is 33.9 Å². The number of ether oxygens (including phenoxy) is 3. The summed E-state index contributed by atoms with van der Waals surface area (Å²) in [6.07, 6.45) is 0. The highest BCUT2D eigenvalue weighted by Gasteiger charge is 2.19. The zero-order chi connectivity index (χ0) is 22.0. The van der Waals surface area contributed by atoms with E-state index in [1.165, 1.54) is 11.1 Å². The van der Waals surface area contributed by atoms with E-state index in [1.54, 1.807) is 21.3 Å². The van der Waals surface area contributed by atoms with Gasteiger partial charge in [0.1, 0.15) is 5.82 Å². The van der Waals surface area contributed by atoms with E-state index in [-0.39, 0.29) is 0 Å². The Morgan fingerprint density at radius 2 is 1.16 bits per heavy atom. The SMILES string of the molecule is COc1cc(-c2nc(-c3ccc(C)cc3)c(-c3ccc(C)cc3)[nH]2)cc(OC)c1OC. The fourth-order valence-electron chi connectivity index (χ4n) is 3.58. The zero-order valence-electron chi connectivity index (χ0n) is 18.4. The molecule has 1 N–H and O–H groups in total. The summed E-state index contributed by atoms with van der Waals surface area (Å²) in [5.74, 6) is 2.45. The number of benzene rings is 3. The van der Waals surface area contributed by atoms with Crippen molar-refractivity contribution in [1.29, 1.82) is 0 Å². The van der Waals surface area contributed by atoms with E-state index in [2.05, 4.69) is 67.4 Å². The third-order valence-corrected chi connectivity index (χ3v) is 5.31. The van der Waals surface area contributed by atoms with Crippen LogP contribution in [-0.2, 0) is 0 Å². The van der Waals surface area contributed by atoms with Crippen LogP contribution >= 0.6 is 0 Å². The van der Waals surface area contributed by atoms with Gasteiger partial charge >= 0.3 is 0 Å². The fourth-order valence-corrected chi connectivity index (χ4v) is 3.58. The maximum atomic E-state index is 5.53. The Hall–Kier alpha value is -3.73. The summed E-state index contributed by atoms with van der Waals surface area (Å²) < 4.78 is 16.5. The van der Waals surface area contributed by atoms with E-state index < -0.39 is 0 Å². The highest BCUT2D eigenvalue weighted by atomic mass is 16.5. The largest absolute Gasteiger partial charge is 0.493 e. The second-order valence-corrected chi connectivity index (χ2v) is 7.46. The smallest absolute Gasteiger partial charge is 0.203 e. The van der Waals surface area contributed by atoms with Gasteiger partial charge in [0.15, 0.2) is 11.5 Å². The summed E-state index contributed by atoms with van der Waals surface area (Å²) >= 11 is 0. The quantitative estimate of drug-likeness (QED) is 0.417. The molecule has 1 aromatic heterocycles. The lowest BCUT2D eigenvalue weighted by atomic mass is 10.0. The number of imidazole rings is 1. The van der Waals surface area contributed by atoms with Crippen molar-refractivity contribution in [2.45, 2.75) is 13.8 Å². The predicted octanol–water partition coefficient (Wildman–Crippen LogP) is 6.05. The lowest BCUT2D eigenvalue weighted by Crippen LogP contribution is -1.96. The van der Waals surface area contributed by atoms with Crippen LogP contribution in [0, 0.1) is 13.8 Å². The Morgan fingerprint density at radius 1 is 0.645 bits per heavy atom. The molecule has 1 heterocycles. The number of rotatable bonds is 6. The van der Waals surface area contributed by atoms with Crippen LogP contribution in [0.5, 0.6) is 17.2 Å². The molecule has 158 valence electrons. The van der Waals surface area contributed by atoms with E-state index in [0.29, 0.717) is 17.2 Å². The van der Waals surface area contributed by atoms with Crippen LogP contribution in [-0.4, -0.2) is 31.3 Å². The Morgan fingerprint density at radius 3 is 1.65 bits per heavy atom. The number of aromatic nitrogens is 2. The number of H-pyrrole nitrogens is 1. The van der Waals surface area contributed by atoms with Gasteiger partial charge in [0.25, 0.3) is 0 Å². The molecule has 0 fully saturated rings. The maximum absolute atomic E-state index is 5.53. The Labute approximate surface area is 182 Å². The molecular weight excluding hydrogens is 388 g/mol. The molecule has 0 bridgehead atoms. The first-order valence-electron chi connectivity index (χ1n) is 10.1. The highest BCUT2D eigenvalue weighted by molar-refractivity contribution is 5.82. The molecule has 0 aliphatic carbocycles. The van der Waals surface area contributed by atoms with Gasteiger partial charge in [0.05, 0.1) is 32.7 Å². The second-order valence-electron chi connectivity index (χ2n) is 7.46. The van der Waals surface area contributed by atoms with Crippen molar-refractivity contribution in [1.82, 2.24) is 9.97 Å². The Bertz CT molecular complexity index is 1100. The number of hydrogen-bond acceptors (Lipinski definition) is 4. The van der Waals surface area contributed by atoms with E-state index >= 15 is 0 Å². The Balaban J connectivity index is 1.91.